The smallest absolute Gasteiger partial charge is 0.152 e. The Hall–Kier alpha value is -7.82. The molecule has 9 aromatic carbocycles. The fourth-order valence-corrected chi connectivity index (χ4v) is 9.04. The maximum absolute atomic E-state index is 6.61. The minimum atomic E-state index is 0.832. The highest BCUT2D eigenvalue weighted by Gasteiger charge is 2.26. The molecular formula is C54H35N3O. The molecule has 0 unspecified atom stereocenters. The van der Waals surface area contributed by atoms with Crippen LogP contribution in [0.2, 0.25) is 0 Å². The van der Waals surface area contributed by atoms with Crippen molar-refractivity contribution in [3.63, 3.8) is 0 Å². The summed E-state index contributed by atoms with van der Waals surface area (Å²) in [5.41, 5.74) is 14.8. The molecule has 58 heavy (non-hydrogen) atoms. The zero-order chi connectivity index (χ0) is 38.2. The van der Waals surface area contributed by atoms with Gasteiger partial charge in [-0.25, -0.2) is 0 Å². The molecule has 0 amide bonds. The largest absolute Gasteiger partial charge is 0.453 e. The monoisotopic (exact) mass is 741 g/mol. The van der Waals surface area contributed by atoms with E-state index in [0.717, 1.165) is 51.1 Å². The number of para-hydroxylation sites is 6. The molecule has 4 nitrogen and oxygen atoms in total. The van der Waals surface area contributed by atoms with E-state index in [2.05, 4.69) is 214 Å². The minimum Gasteiger partial charge on any atom is -0.453 e. The van der Waals surface area contributed by atoms with Crippen molar-refractivity contribution >= 4 is 60.7 Å². The van der Waals surface area contributed by atoms with Crippen molar-refractivity contribution in [3.05, 3.63) is 212 Å². The molecule has 3 heterocycles. The van der Waals surface area contributed by atoms with Crippen molar-refractivity contribution in [1.29, 1.82) is 0 Å². The van der Waals surface area contributed by atoms with Gasteiger partial charge in [0.25, 0.3) is 0 Å². The lowest BCUT2D eigenvalue weighted by molar-refractivity contribution is 0.477. The van der Waals surface area contributed by atoms with Gasteiger partial charge < -0.3 is 18.8 Å². The Morgan fingerprint density at radius 2 is 0.690 bits per heavy atom. The average Bonchev–Trinajstić information content (AvgIpc) is 3.80. The fraction of sp³-hybridized carbons (Fsp3) is 0. The van der Waals surface area contributed by atoms with Gasteiger partial charge in [-0.1, -0.05) is 109 Å². The molecule has 2 aromatic heterocycles. The second-order valence-electron chi connectivity index (χ2n) is 15.0. The molecule has 1 aliphatic heterocycles. The van der Waals surface area contributed by atoms with Crippen LogP contribution in [-0.2, 0) is 0 Å². The molecule has 11 aromatic rings. The fourth-order valence-electron chi connectivity index (χ4n) is 9.04. The van der Waals surface area contributed by atoms with Crippen molar-refractivity contribution in [2.45, 2.75) is 0 Å². The van der Waals surface area contributed by atoms with E-state index in [0.29, 0.717) is 0 Å². The summed E-state index contributed by atoms with van der Waals surface area (Å²) in [6.45, 7) is 0. The second-order valence-corrected chi connectivity index (χ2v) is 15.0. The van der Waals surface area contributed by atoms with Crippen LogP contribution in [0.25, 0.3) is 77.2 Å². The lowest BCUT2D eigenvalue weighted by Gasteiger charge is -2.33. The van der Waals surface area contributed by atoms with Crippen molar-refractivity contribution in [2.75, 3.05) is 4.90 Å². The Bertz CT molecular complexity index is 3360. The van der Waals surface area contributed by atoms with Crippen LogP contribution in [0.1, 0.15) is 0 Å². The molecule has 0 radical (unpaired) electrons. The number of nitrogens with zero attached hydrogens (tertiary/aromatic N) is 3. The number of aromatic nitrogens is 2. The van der Waals surface area contributed by atoms with E-state index >= 15 is 0 Å². The first-order valence-electron chi connectivity index (χ1n) is 19.8. The summed E-state index contributed by atoms with van der Waals surface area (Å²) in [6.07, 6.45) is 0. The molecule has 0 bridgehead atoms. The van der Waals surface area contributed by atoms with Crippen LogP contribution in [0, 0.1) is 0 Å². The van der Waals surface area contributed by atoms with E-state index in [1.165, 1.54) is 54.7 Å². The Kier molecular flexibility index (Phi) is 7.20. The lowest BCUT2D eigenvalue weighted by atomic mass is 9.98. The molecular weight excluding hydrogens is 707 g/mol. The average molecular weight is 742 g/mol. The maximum atomic E-state index is 6.61. The highest BCUT2D eigenvalue weighted by atomic mass is 16.5. The summed E-state index contributed by atoms with van der Waals surface area (Å²) < 4.78 is 11.4. The van der Waals surface area contributed by atoms with Gasteiger partial charge in [0, 0.05) is 38.6 Å². The highest BCUT2D eigenvalue weighted by molar-refractivity contribution is 6.13. The summed E-state index contributed by atoms with van der Waals surface area (Å²) in [4.78, 5) is 2.28. The van der Waals surface area contributed by atoms with Gasteiger partial charge in [0.2, 0.25) is 0 Å². The molecule has 0 N–H and O–H groups in total. The molecule has 272 valence electrons. The van der Waals surface area contributed by atoms with Crippen LogP contribution in [-0.4, -0.2) is 9.13 Å². The quantitative estimate of drug-likeness (QED) is 0.175. The first-order chi connectivity index (χ1) is 28.8. The van der Waals surface area contributed by atoms with Crippen LogP contribution in [0.4, 0.5) is 17.1 Å². The van der Waals surface area contributed by atoms with Crippen molar-refractivity contribution in [2.24, 2.45) is 0 Å². The Morgan fingerprint density at radius 3 is 1.28 bits per heavy atom. The van der Waals surface area contributed by atoms with Gasteiger partial charge in [-0.3, -0.25) is 0 Å². The standard InChI is InChI=1S/C54H35N3O/c1-4-14-40(15-5-1)55-47-21-11-10-20-43(47)44-32-36(24-28-48(44)55)37-25-29-49-45(33-37)46-34-38(26-30-50(46)56(49)41-16-6-2-7-17-41)39-27-31-52-54(35-39)58-53-23-13-12-22-51(53)57(52)42-18-8-3-9-19-42/h1-35H. The summed E-state index contributed by atoms with van der Waals surface area (Å²) in [5, 5.41) is 4.91. The van der Waals surface area contributed by atoms with Crippen LogP contribution in [0.15, 0.2) is 212 Å². The Balaban J connectivity index is 1.02. The van der Waals surface area contributed by atoms with E-state index in [4.69, 9.17) is 4.74 Å². The molecule has 4 heteroatoms. The van der Waals surface area contributed by atoms with Gasteiger partial charge in [0.1, 0.15) is 0 Å². The number of benzene rings is 9. The molecule has 0 atom stereocenters. The number of hydrogen-bond donors (Lipinski definition) is 0. The van der Waals surface area contributed by atoms with E-state index in [1.54, 1.807) is 0 Å². The summed E-state index contributed by atoms with van der Waals surface area (Å²) in [6, 6.07) is 76.1. The molecule has 0 aliphatic carbocycles. The molecule has 0 spiro atoms. The highest BCUT2D eigenvalue weighted by Crippen LogP contribution is 2.51. The van der Waals surface area contributed by atoms with E-state index in [9.17, 15) is 0 Å². The summed E-state index contributed by atoms with van der Waals surface area (Å²) in [5.74, 6) is 1.67. The van der Waals surface area contributed by atoms with Crippen LogP contribution >= 0.6 is 0 Å². The number of anilines is 3. The van der Waals surface area contributed by atoms with Gasteiger partial charge >= 0.3 is 0 Å². The molecule has 0 saturated carbocycles. The normalized spacial score (nSPS) is 12.2. The predicted molar refractivity (Wildman–Crippen MR) is 241 cm³/mol. The first-order valence-corrected chi connectivity index (χ1v) is 19.8. The van der Waals surface area contributed by atoms with Crippen molar-refractivity contribution < 1.29 is 4.74 Å². The summed E-state index contributed by atoms with van der Waals surface area (Å²) >= 11 is 0. The van der Waals surface area contributed by atoms with E-state index in [1.807, 2.05) is 12.1 Å². The SMILES string of the molecule is c1ccc(N2c3ccccc3Oc3cc(-c4ccc5c(c4)c4cc(-c6ccc7c(c6)c6ccccc6n7-c6ccccc6)ccc4n5-c4ccccc4)ccc32)cc1. The Labute approximate surface area is 335 Å². The van der Waals surface area contributed by atoms with Crippen molar-refractivity contribution in [1.82, 2.24) is 9.13 Å². The molecule has 0 fully saturated rings. The van der Waals surface area contributed by atoms with Crippen LogP contribution in [0.5, 0.6) is 11.5 Å². The maximum Gasteiger partial charge on any atom is 0.152 e. The first kappa shape index (κ1) is 32.4. The number of hydrogen-bond acceptors (Lipinski definition) is 2. The van der Waals surface area contributed by atoms with Gasteiger partial charge in [-0.2, -0.15) is 0 Å². The number of fused-ring (bicyclic) bond motifs is 8. The third kappa shape index (κ3) is 5.02. The summed E-state index contributed by atoms with van der Waals surface area (Å²) in [7, 11) is 0. The molecule has 1 aliphatic rings. The van der Waals surface area contributed by atoms with E-state index in [-0.39, 0.29) is 0 Å². The zero-order valence-electron chi connectivity index (χ0n) is 31.5. The topological polar surface area (TPSA) is 22.3 Å². The molecule has 0 saturated heterocycles. The zero-order valence-corrected chi connectivity index (χ0v) is 31.5. The van der Waals surface area contributed by atoms with Gasteiger partial charge in [0.15, 0.2) is 11.5 Å². The van der Waals surface area contributed by atoms with Crippen LogP contribution < -0.4 is 9.64 Å². The van der Waals surface area contributed by atoms with Crippen LogP contribution in [0.3, 0.4) is 0 Å². The molecule has 12 rings (SSSR count). The number of rotatable bonds is 5. The minimum absolute atomic E-state index is 0.832. The third-order valence-corrected chi connectivity index (χ3v) is 11.7. The predicted octanol–water partition coefficient (Wildman–Crippen LogP) is 14.8. The lowest BCUT2D eigenvalue weighted by Crippen LogP contribution is -2.15. The van der Waals surface area contributed by atoms with E-state index < -0.39 is 0 Å². The third-order valence-electron chi connectivity index (χ3n) is 11.7. The van der Waals surface area contributed by atoms with Gasteiger partial charge in [-0.05, 0) is 125 Å². The van der Waals surface area contributed by atoms with Gasteiger partial charge in [-0.15, -0.1) is 0 Å². The number of ether oxygens (including phenoxy) is 1. The van der Waals surface area contributed by atoms with Crippen molar-refractivity contribution in [3.8, 4) is 45.1 Å². The van der Waals surface area contributed by atoms with Gasteiger partial charge in [0.05, 0.1) is 33.4 Å². The Morgan fingerprint density at radius 1 is 0.276 bits per heavy atom. The second kappa shape index (κ2) is 12.9.